The van der Waals surface area contributed by atoms with Gasteiger partial charge in [0, 0.05) is 44.5 Å². The molecule has 154 valence electrons. The molecule has 1 aromatic heterocycles. The Kier molecular flexibility index (Phi) is 6.87. The van der Waals surface area contributed by atoms with Gasteiger partial charge in [-0.1, -0.05) is 0 Å². The molecule has 0 aliphatic carbocycles. The van der Waals surface area contributed by atoms with Crippen LogP contribution in [0.1, 0.15) is 29.8 Å². The van der Waals surface area contributed by atoms with E-state index in [2.05, 4.69) is 19.2 Å². The molecule has 1 N–H and O–H groups in total. The van der Waals surface area contributed by atoms with Gasteiger partial charge in [0.15, 0.2) is 0 Å². The van der Waals surface area contributed by atoms with Crippen molar-refractivity contribution in [3.8, 4) is 11.1 Å². The first-order valence-corrected chi connectivity index (χ1v) is 10.4. The lowest BCUT2D eigenvalue weighted by Crippen LogP contribution is -2.48. The van der Waals surface area contributed by atoms with E-state index in [4.69, 9.17) is 4.74 Å². The number of aliphatic hydroxyl groups excluding tert-OH is 1. The third kappa shape index (κ3) is 4.30. The minimum absolute atomic E-state index is 0.127. The summed E-state index contributed by atoms with van der Waals surface area (Å²) in [6.45, 7) is 5.57. The molecule has 0 amide bonds. The first-order valence-electron chi connectivity index (χ1n) is 9.81. The van der Waals surface area contributed by atoms with E-state index in [9.17, 15) is 5.11 Å². The van der Waals surface area contributed by atoms with Crippen LogP contribution in [0, 0.1) is 19.7 Å². The van der Waals surface area contributed by atoms with Gasteiger partial charge in [0.2, 0.25) is 0 Å². The monoisotopic (exact) mass is 407 g/mol. The lowest BCUT2D eigenvalue weighted by Gasteiger charge is -2.38. The van der Waals surface area contributed by atoms with Gasteiger partial charge in [-0.25, -0.2) is 4.39 Å². The summed E-state index contributed by atoms with van der Waals surface area (Å²) in [4.78, 5) is 2.23. The fourth-order valence-electron chi connectivity index (χ4n) is 4.25. The van der Waals surface area contributed by atoms with Crippen LogP contribution in [-0.2, 0) is 18.2 Å². The second-order valence-corrected chi connectivity index (χ2v) is 8.33. The standard InChI is InChI=1S/C21H31FN3O2P/c1-13-21(14(2)24(3)23-13)15-9-19(22)18(20(28)10-15)7-8-25-11-17(27-4)6-5-16(25)12-26/h9-10,16-17,26H,5-8,11-12,28H2,1-4H3/t16-,17-/m1/s1. The molecule has 1 unspecified atom stereocenters. The Morgan fingerprint density at radius 3 is 2.64 bits per heavy atom. The number of halogens is 1. The molecule has 3 atom stereocenters. The van der Waals surface area contributed by atoms with Gasteiger partial charge in [-0.05, 0) is 61.7 Å². The van der Waals surface area contributed by atoms with Gasteiger partial charge < -0.3 is 9.84 Å². The van der Waals surface area contributed by atoms with Crippen LogP contribution in [0.5, 0.6) is 0 Å². The number of likely N-dealkylation sites (tertiary alicyclic amines) is 1. The Hall–Kier alpha value is -1.33. The molecule has 1 saturated heterocycles. The number of piperidine rings is 1. The molecule has 2 aromatic rings. The van der Waals surface area contributed by atoms with E-state index in [0.717, 1.165) is 47.2 Å². The fraction of sp³-hybridized carbons (Fsp3) is 0.571. The number of nitrogens with zero attached hydrogens (tertiary/aromatic N) is 3. The van der Waals surface area contributed by atoms with Crippen LogP contribution in [-0.4, -0.2) is 58.7 Å². The molecule has 1 aliphatic rings. The Balaban J connectivity index is 1.80. The van der Waals surface area contributed by atoms with Gasteiger partial charge in [-0.15, -0.1) is 9.24 Å². The zero-order chi connectivity index (χ0) is 20.4. The minimum atomic E-state index is -0.189. The highest BCUT2D eigenvalue weighted by Crippen LogP contribution is 2.28. The minimum Gasteiger partial charge on any atom is -0.395 e. The van der Waals surface area contributed by atoms with E-state index in [1.165, 1.54) is 0 Å². The van der Waals surface area contributed by atoms with Crippen LogP contribution in [0.25, 0.3) is 11.1 Å². The molecule has 0 saturated carbocycles. The highest BCUT2D eigenvalue weighted by atomic mass is 31.0. The molecule has 0 spiro atoms. The Labute approximate surface area is 169 Å². The Morgan fingerprint density at radius 2 is 2.07 bits per heavy atom. The summed E-state index contributed by atoms with van der Waals surface area (Å²) in [5.41, 5.74) is 4.50. The van der Waals surface area contributed by atoms with Gasteiger partial charge in [0.1, 0.15) is 5.82 Å². The van der Waals surface area contributed by atoms with Crippen LogP contribution >= 0.6 is 9.24 Å². The molecule has 5 nitrogen and oxygen atoms in total. The molecule has 2 heterocycles. The third-order valence-electron chi connectivity index (χ3n) is 6.00. The number of hydrogen-bond acceptors (Lipinski definition) is 4. The van der Waals surface area contributed by atoms with Crippen LogP contribution in [0.4, 0.5) is 4.39 Å². The summed E-state index contributed by atoms with van der Waals surface area (Å²) in [5.74, 6) is -0.189. The summed E-state index contributed by atoms with van der Waals surface area (Å²) < 4.78 is 22.3. The van der Waals surface area contributed by atoms with Crippen molar-refractivity contribution in [3.63, 3.8) is 0 Å². The Bertz CT molecular complexity index is 816. The van der Waals surface area contributed by atoms with E-state index >= 15 is 4.39 Å². The zero-order valence-corrected chi connectivity index (χ0v) is 18.4. The lowest BCUT2D eigenvalue weighted by molar-refractivity contribution is -0.00877. The first kappa shape index (κ1) is 21.4. The van der Waals surface area contributed by atoms with E-state index in [0.29, 0.717) is 18.5 Å². The van der Waals surface area contributed by atoms with Gasteiger partial charge in [0.25, 0.3) is 0 Å². The number of hydrogen-bond donors (Lipinski definition) is 1. The number of aryl methyl sites for hydroxylation is 2. The molecular formula is C21H31FN3O2P. The fourth-order valence-corrected chi connectivity index (χ4v) is 4.71. The second kappa shape index (κ2) is 9.00. The number of methoxy groups -OCH3 is 1. The zero-order valence-electron chi connectivity index (χ0n) is 17.2. The molecule has 7 heteroatoms. The third-order valence-corrected chi connectivity index (χ3v) is 6.51. The number of benzene rings is 1. The summed E-state index contributed by atoms with van der Waals surface area (Å²) >= 11 is 0. The van der Waals surface area contributed by atoms with Crippen molar-refractivity contribution >= 4 is 14.5 Å². The van der Waals surface area contributed by atoms with Crippen molar-refractivity contribution in [2.75, 3.05) is 26.8 Å². The maximum atomic E-state index is 15.0. The highest BCUT2D eigenvalue weighted by Gasteiger charge is 2.28. The summed E-state index contributed by atoms with van der Waals surface area (Å²) in [5, 5.41) is 15.0. The van der Waals surface area contributed by atoms with E-state index in [-0.39, 0.29) is 24.6 Å². The molecule has 0 radical (unpaired) electrons. The summed E-state index contributed by atoms with van der Waals surface area (Å²) in [7, 11) is 6.31. The topological polar surface area (TPSA) is 50.5 Å². The molecule has 1 aromatic carbocycles. The number of ether oxygens (including phenoxy) is 1. The van der Waals surface area contributed by atoms with Crippen molar-refractivity contribution in [3.05, 3.63) is 34.9 Å². The highest BCUT2D eigenvalue weighted by molar-refractivity contribution is 7.27. The normalized spacial score (nSPS) is 20.7. The van der Waals surface area contributed by atoms with Crippen LogP contribution in [0.15, 0.2) is 12.1 Å². The van der Waals surface area contributed by atoms with Crippen LogP contribution in [0.2, 0.25) is 0 Å². The molecule has 3 rings (SSSR count). The van der Waals surface area contributed by atoms with Crippen molar-refractivity contribution < 1.29 is 14.2 Å². The Morgan fingerprint density at radius 1 is 1.32 bits per heavy atom. The van der Waals surface area contributed by atoms with Crippen molar-refractivity contribution in [2.24, 2.45) is 7.05 Å². The van der Waals surface area contributed by atoms with E-state index in [1.54, 1.807) is 13.2 Å². The predicted molar refractivity (Wildman–Crippen MR) is 114 cm³/mol. The molecule has 1 fully saturated rings. The van der Waals surface area contributed by atoms with Crippen molar-refractivity contribution in [1.29, 1.82) is 0 Å². The second-order valence-electron chi connectivity index (χ2n) is 7.71. The lowest BCUT2D eigenvalue weighted by atomic mass is 9.98. The smallest absolute Gasteiger partial charge is 0.127 e. The number of aromatic nitrogens is 2. The van der Waals surface area contributed by atoms with Gasteiger partial charge >= 0.3 is 0 Å². The van der Waals surface area contributed by atoms with Crippen LogP contribution < -0.4 is 5.30 Å². The predicted octanol–water partition coefficient (Wildman–Crippen LogP) is 2.36. The molecule has 1 aliphatic heterocycles. The van der Waals surface area contributed by atoms with Crippen molar-refractivity contribution in [2.45, 2.75) is 45.3 Å². The van der Waals surface area contributed by atoms with E-state index < -0.39 is 0 Å². The maximum Gasteiger partial charge on any atom is 0.127 e. The largest absolute Gasteiger partial charge is 0.395 e. The van der Waals surface area contributed by atoms with E-state index in [1.807, 2.05) is 31.6 Å². The summed E-state index contributed by atoms with van der Waals surface area (Å²) in [6.07, 6.45) is 2.65. The van der Waals surface area contributed by atoms with Gasteiger partial charge in [-0.3, -0.25) is 9.58 Å². The molecule has 0 bridgehead atoms. The summed E-state index contributed by atoms with van der Waals surface area (Å²) in [6, 6.07) is 3.78. The average molecular weight is 407 g/mol. The quantitative estimate of drug-likeness (QED) is 0.747. The van der Waals surface area contributed by atoms with Gasteiger partial charge in [-0.2, -0.15) is 5.10 Å². The average Bonchev–Trinajstić information content (AvgIpc) is 2.92. The first-order chi connectivity index (χ1) is 13.3. The SMILES string of the molecule is CO[C@@H]1CC[C@H](CO)N(CCc2c(F)cc(-c3c(C)nn(C)c3C)cc2P)C1. The van der Waals surface area contributed by atoms with Gasteiger partial charge in [0.05, 0.1) is 18.4 Å². The van der Waals surface area contributed by atoms with Crippen molar-refractivity contribution in [1.82, 2.24) is 14.7 Å². The molecule has 28 heavy (non-hydrogen) atoms. The maximum absolute atomic E-state index is 15.0. The number of aliphatic hydroxyl groups is 1. The molecular weight excluding hydrogens is 376 g/mol. The number of rotatable bonds is 6. The van der Waals surface area contributed by atoms with Crippen LogP contribution in [0.3, 0.4) is 0 Å².